The summed E-state index contributed by atoms with van der Waals surface area (Å²) < 4.78 is 10.4. The number of aromatic nitrogens is 3. The second-order valence-corrected chi connectivity index (χ2v) is 5.53. The Balaban J connectivity index is 1.62. The van der Waals surface area contributed by atoms with Gasteiger partial charge < -0.3 is 20.1 Å². The zero-order valence-electron chi connectivity index (χ0n) is 15.0. The molecule has 3 rings (SSSR count). The van der Waals surface area contributed by atoms with Crippen LogP contribution in [-0.2, 0) is 6.54 Å². The first-order valence-electron chi connectivity index (χ1n) is 8.18. The van der Waals surface area contributed by atoms with Gasteiger partial charge in [0.25, 0.3) is 5.91 Å². The molecule has 0 unspecified atom stereocenters. The van der Waals surface area contributed by atoms with Gasteiger partial charge in [0, 0.05) is 30.7 Å². The minimum absolute atomic E-state index is 0.205. The first kappa shape index (κ1) is 18.1. The third-order valence-electron chi connectivity index (χ3n) is 3.72. The minimum Gasteiger partial charge on any atom is -0.493 e. The van der Waals surface area contributed by atoms with Gasteiger partial charge in [-0.1, -0.05) is 6.07 Å². The summed E-state index contributed by atoms with van der Waals surface area (Å²) in [6.07, 6.45) is 6.42. The molecule has 0 saturated heterocycles. The number of hydrogen-bond acceptors (Lipinski definition) is 7. The zero-order valence-corrected chi connectivity index (χ0v) is 15.0. The van der Waals surface area contributed by atoms with Crippen LogP contribution in [0.1, 0.15) is 16.1 Å². The number of carbonyl (C=O) groups is 1. The summed E-state index contributed by atoms with van der Waals surface area (Å²) in [6.45, 7) is 0.569. The van der Waals surface area contributed by atoms with Crippen LogP contribution in [0.15, 0.2) is 55.1 Å². The molecule has 0 saturated carbocycles. The molecule has 27 heavy (non-hydrogen) atoms. The fourth-order valence-corrected chi connectivity index (χ4v) is 2.34. The van der Waals surface area contributed by atoms with E-state index in [1.165, 1.54) is 19.5 Å². The summed E-state index contributed by atoms with van der Waals surface area (Å²) >= 11 is 0. The van der Waals surface area contributed by atoms with Gasteiger partial charge in [0.2, 0.25) is 0 Å². The van der Waals surface area contributed by atoms with Crippen molar-refractivity contribution in [3.8, 4) is 11.5 Å². The van der Waals surface area contributed by atoms with E-state index in [1.54, 1.807) is 37.7 Å². The normalized spacial score (nSPS) is 10.1. The molecule has 2 aromatic heterocycles. The van der Waals surface area contributed by atoms with Gasteiger partial charge in [-0.15, -0.1) is 0 Å². The number of ether oxygens (including phenoxy) is 2. The number of anilines is 2. The molecule has 0 radical (unpaired) electrons. The van der Waals surface area contributed by atoms with Crippen molar-refractivity contribution in [1.29, 1.82) is 0 Å². The van der Waals surface area contributed by atoms with E-state index in [1.807, 2.05) is 12.1 Å². The van der Waals surface area contributed by atoms with Gasteiger partial charge in [-0.3, -0.25) is 9.78 Å². The lowest BCUT2D eigenvalue weighted by atomic mass is 10.2. The number of nitrogens with zero attached hydrogens (tertiary/aromatic N) is 3. The summed E-state index contributed by atoms with van der Waals surface area (Å²) in [5, 5.41) is 5.88. The molecule has 0 aliphatic rings. The summed E-state index contributed by atoms with van der Waals surface area (Å²) in [7, 11) is 3.09. The molecule has 0 aliphatic carbocycles. The Morgan fingerprint density at radius 3 is 2.56 bits per heavy atom. The molecular formula is C19H19N5O3. The van der Waals surface area contributed by atoms with Crippen LogP contribution in [-0.4, -0.2) is 35.1 Å². The lowest BCUT2D eigenvalue weighted by Gasteiger charge is -2.10. The average Bonchev–Trinajstić information content (AvgIpc) is 2.73. The highest BCUT2D eigenvalue weighted by Crippen LogP contribution is 2.29. The second-order valence-electron chi connectivity index (χ2n) is 5.53. The molecule has 3 aromatic rings. The summed E-state index contributed by atoms with van der Waals surface area (Å²) in [6, 6.07) is 8.93. The predicted octanol–water partition coefficient (Wildman–Crippen LogP) is 2.75. The van der Waals surface area contributed by atoms with Crippen molar-refractivity contribution >= 4 is 17.4 Å². The van der Waals surface area contributed by atoms with Crippen molar-refractivity contribution in [3.05, 3.63) is 66.4 Å². The maximum atomic E-state index is 12.3. The standard InChI is InChI=1S/C19H19N5O3/c1-26-16-6-5-14(8-17(16)27-2)24-19(25)15-11-23-18(12-21-15)22-10-13-4-3-7-20-9-13/h3-9,11-12H,10H2,1-2H3,(H,22,23)(H,24,25). The van der Waals surface area contributed by atoms with Gasteiger partial charge in [0.15, 0.2) is 11.5 Å². The van der Waals surface area contributed by atoms with E-state index in [9.17, 15) is 4.79 Å². The third kappa shape index (κ3) is 4.69. The Hall–Kier alpha value is -3.68. The van der Waals surface area contributed by atoms with Crippen LogP contribution in [0.25, 0.3) is 0 Å². The highest BCUT2D eigenvalue weighted by Gasteiger charge is 2.11. The summed E-state index contributed by atoms with van der Waals surface area (Å²) in [4.78, 5) is 24.8. The molecule has 1 aromatic carbocycles. The Kier molecular flexibility index (Phi) is 5.78. The van der Waals surface area contributed by atoms with Gasteiger partial charge in [0.1, 0.15) is 11.5 Å². The van der Waals surface area contributed by atoms with Crippen LogP contribution in [0.2, 0.25) is 0 Å². The monoisotopic (exact) mass is 365 g/mol. The average molecular weight is 365 g/mol. The molecule has 0 spiro atoms. The molecule has 8 heteroatoms. The van der Waals surface area contributed by atoms with Crippen LogP contribution in [0.4, 0.5) is 11.5 Å². The number of benzene rings is 1. The van der Waals surface area contributed by atoms with Gasteiger partial charge >= 0.3 is 0 Å². The number of amides is 1. The topological polar surface area (TPSA) is 98.3 Å². The smallest absolute Gasteiger partial charge is 0.275 e. The first-order chi connectivity index (χ1) is 13.2. The molecule has 0 bridgehead atoms. The maximum absolute atomic E-state index is 12.3. The highest BCUT2D eigenvalue weighted by atomic mass is 16.5. The number of rotatable bonds is 7. The SMILES string of the molecule is COc1ccc(NC(=O)c2cnc(NCc3cccnc3)cn2)cc1OC. The first-order valence-corrected chi connectivity index (χ1v) is 8.18. The van der Waals surface area contributed by atoms with Gasteiger partial charge in [-0.25, -0.2) is 9.97 Å². The Morgan fingerprint density at radius 1 is 1.04 bits per heavy atom. The predicted molar refractivity (Wildman–Crippen MR) is 101 cm³/mol. The van der Waals surface area contributed by atoms with Gasteiger partial charge in [0.05, 0.1) is 26.6 Å². The van der Waals surface area contributed by atoms with Crippen LogP contribution in [0.5, 0.6) is 11.5 Å². The van der Waals surface area contributed by atoms with E-state index in [-0.39, 0.29) is 11.6 Å². The van der Waals surface area contributed by atoms with Crippen molar-refractivity contribution in [2.45, 2.75) is 6.54 Å². The lowest BCUT2D eigenvalue weighted by molar-refractivity contribution is 0.102. The Morgan fingerprint density at radius 2 is 1.89 bits per heavy atom. The number of nitrogens with one attached hydrogen (secondary N) is 2. The van der Waals surface area contributed by atoms with Gasteiger partial charge in [-0.05, 0) is 23.8 Å². The molecule has 0 fully saturated rings. The molecule has 8 nitrogen and oxygen atoms in total. The molecule has 2 N–H and O–H groups in total. The van der Waals surface area contributed by atoms with E-state index in [0.29, 0.717) is 29.5 Å². The quantitative estimate of drug-likeness (QED) is 0.664. The third-order valence-corrected chi connectivity index (χ3v) is 3.72. The Bertz CT molecular complexity index is 901. The van der Waals surface area contributed by atoms with Crippen molar-refractivity contribution in [2.75, 3.05) is 24.9 Å². The largest absolute Gasteiger partial charge is 0.493 e. The highest BCUT2D eigenvalue weighted by molar-refractivity contribution is 6.02. The Labute approximate surface area is 156 Å². The zero-order chi connectivity index (χ0) is 19.1. The van der Waals surface area contributed by atoms with E-state index in [2.05, 4.69) is 25.6 Å². The second kappa shape index (κ2) is 8.61. The van der Waals surface area contributed by atoms with Crippen LogP contribution in [0.3, 0.4) is 0 Å². The fraction of sp³-hybridized carbons (Fsp3) is 0.158. The molecule has 0 atom stereocenters. The van der Waals surface area contributed by atoms with Gasteiger partial charge in [-0.2, -0.15) is 0 Å². The van der Waals surface area contributed by atoms with Crippen molar-refractivity contribution in [3.63, 3.8) is 0 Å². The van der Waals surface area contributed by atoms with E-state index in [0.717, 1.165) is 5.56 Å². The molecule has 1 amide bonds. The summed E-state index contributed by atoms with van der Waals surface area (Å²) in [5.74, 6) is 1.31. The molecular weight excluding hydrogens is 346 g/mol. The molecule has 0 aliphatic heterocycles. The van der Waals surface area contributed by atoms with E-state index >= 15 is 0 Å². The van der Waals surface area contributed by atoms with Crippen LogP contribution >= 0.6 is 0 Å². The molecule has 2 heterocycles. The fourth-order valence-electron chi connectivity index (χ4n) is 2.34. The number of methoxy groups -OCH3 is 2. The van der Waals surface area contributed by atoms with Crippen molar-refractivity contribution < 1.29 is 14.3 Å². The lowest BCUT2D eigenvalue weighted by Crippen LogP contribution is -2.14. The van der Waals surface area contributed by atoms with Crippen molar-refractivity contribution in [2.24, 2.45) is 0 Å². The van der Waals surface area contributed by atoms with E-state index in [4.69, 9.17) is 9.47 Å². The van der Waals surface area contributed by atoms with Crippen molar-refractivity contribution in [1.82, 2.24) is 15.0 Å². The number of hydrogen-bond donors (Lipinski definition) is 2. The number of carbonyl (C=O) groups excluding carboxylic acids is 1. The van der Waals surface area contributed by atoms with Crippen LogP contribution in [0, 0.1) is 0 Å². The van der Waals surface area contributed by atoms with E-state index < -0.39 is 0 Å². The summed E-state index contributed by atoms with van der Waals surface area (Å²) in [5.41, 5.74) is 1.80. The minimum atomic E-state index is -0.367. The maximum Gasteiger partial charge on any atom is 0.275 e. The van der Waals surface area contributed by atoms with Crippen LogP contribution < -0.4 is 20.1 Å². The molecule has 138 valence electrons. The number of pyridine rings is 1.